The van der Waals surface area contributed by atoms with Crippen molar-refractivity contribution in [3.8, 4) is 0 Å². The topological polar surface area (TPSA) is 82.5 Å². The molecule has 7 nitrogen and oxygen atoms in total. The van der Waals surface area contributed by atoms with Crippen LogP contribution in [0.25, 0.3) is 0 Å². The summed E-state index contributed by atoms with van der Waals surface area (Å²) in [6.07, 6.45) is -3.21. The first kappa shape index (κ1) is 22.4. The first-order chi connectivity index (χ1) is 13.6. The zero-order chi connectivity index (χ0) is 21.6. The Labute approximate surface area is 165 Å². The highest BCUT2D eigenvalue weighted by Crippen LogP contribution is 2.18. The molecule has 0 bridgehead atoms. The number of anilines is 1. The average molecular weight is 413 g/mol. The van der Waals surface area contributed by atoms with E-state index < -0.39 is 24.7 Å². The van der Waals surface area contributed by atoms with Crippen LogP contribution in [0.4, 0.5) is 18.9 Å². The standard InChI is InChI=1S/C19H22F3N3O4/c1-4-25-9-15(16(24-25)18(27)29-12(2)3)23-17(26)14-7-5-13(6-8-14)10-28-11-19(20,21)22/h5-9,12H,4,10-11H2,1-3H3,(H,23,26). The summed E-state index contributed by atoms with van der Waals surface area (Å²) in [6.45, 7) is 4.15. The summed E-state index contributed by atoms with van der Waals surface area (Å²) in [5.74, 6) is -1.15. The van der Waals surface area contributed by atoms with E-state index >= 15 is 0 Å². The molecule has 2 rings (SSSR count). The molecule has 0 fully saturated rings. The molecule has 0 unspecified atom stereocenters. The minimum absolute atomic E-state index is 0.00827. The maximum atomic E-state index is 12.5. The van der Waals surface area contributed by atoms with Crippen LogP contribution in [0.15, 0.2) is 30.5 Å². The zero-order valence-electron chi connectivity index (χ0n) is 16.2. The summed E-state index contributed by atoms with van der Waals surface area (Å²) >= 11 is 0. The number of amides is 1. The van der Waals surface area contributed by atoms with E-state index in [1.807, 2.05) is 6.92 Å². The van der Waals surface area contributed by atoms with Crippen molar-refractivity contribution in [3.63, 3.8) is 0 Å². The van der Waals surface area contributed by atoms with Crippen LogP contribution in [0.1, 0.15) is 47.2 Å². The van der Waals surface area contributed by atoms with Crippen molar-refractivity contribution in [2.45, 2.75) is 46.2 Å². The van der Waals surface area contributed by atoms with Crippen LogP contribution in [-0.2, 0) is 22.6 Å². The molecule has 0 atom stereocenters. The number of hydrogen-bond donors (Lipinski definition) is 1. The summed E-state index contributed by atoms with van der Waals surface area (Å²) in [6, 6.07) is 5.90. The van der Waals surface area contributed by atoms with Crippen LogP contribution in [0.5, 0.6) is 0 Å². The van der Waals surface area contributed by atoms with Crippen molar-refractivity contribution >= 4 is 17.6 Å². The maximum absolute atomic E-state index is 12.5. The van der Waals surface area contributed by atoms with Crippen molar-refractivity contribution < 1.29 is 32.2 Å². The Morgan fingerprint density at radius 2 is 1.86 bits per heavy atom. The van der Waals surface area contributed by atoms with Gasteiger partial charge in [-0.25, -0.2) is 4.79 Å². The lowest BCUT2D eigenvalue weighted by Gasteiger charge is -2.09. The van der Waals surface area contributed by atoms with Crippen molar-refractivity contribution in [2.75, 3.05) is 11.9 Å². The number of alkyl halides is 3. The summed E-state index contributed by atoms with van der Waals surface area (Å²) in [5, 5.41) is 6.73. The van der Waals surface area contributed by atoms with Gasteiger partial charge in [-0.2, -0.15) is 18.3 Å². The van der Waals surface area contributed by atoms with Gasteiger partial charge in [-0.15, -0.1) is 0 Å². The van der Waals surface area contributed by atoms with Gasteiger partial charge in [0.1, 0.15) is 6.61 Å². The van der Waals surface area contributed by atoms with Gasteiger partial charge >= 0.3 is 12.1 Å². The highest BCUT2D eigenvalue weighted by Gasteiger charge is 2.27. The minimum Gasteiger partial charge on any atom is -0.458 e. The molecule has 29 heavy (non-hydrogen) atoms. The number of nitrogens with zero attached hydrogens (tertiary/aromatic N) is 2. The molecule has 1 aromatic carbocycles. The minimum atomic E-state index is -4.39. The Hall–Kier alpha value is -2.88. The van der Waals surface area contributed by atoms with Gasteiger partial charge in [0.25, 0.3) is 5.91 Å². The van der Waals surface area contributed by atoms with Crippen molar-refractivity contribution in [2.24, 2.45) is 0 Å². The fourth-order valence-corrected chi connectivity index (χ4v) is 2.33. The molecule has 0 radical (unpaired) electrons. The van der Waals surface area contributed by atoms with Crippen LogP contribution in [0.3, 0.4) is 0 Å². The van der Waals surface area contributed by atoms with Crippen molar-refractivity contribution in [3.05, 3.63) is 47.3 Å². The van der Waals surface area contributed by atoms with Crippen LogP contribution in [0, 0.1) is 0 Å². The Kier molecular flexibility index (Phi) is 7.38. The SMILES string of the molecule is CCn1cc(NC(=O)c2ccc(COCC(F)(F)F)cc2)c(C(=O)OC(C)C)n1. The van der Waals surface area contributed by atoms with Crippen molar-refractivity contribution in [1.82, 2.24) is 9.78 Å². The third-order valence-electron chi connectivity index (χ3n) is 3.62. The molecular weight excluding hydrogens is 391 g/mol. The Bertz CT molecular complexity index is 845. The Morgan fingerprint density at radius 3 is 2.41 bits per heavy atom. The number of halogens is 3. The molecule has 1 N–H and O–H groups in total. The number of ether oxygens (including phenoxy) is 2. The summed E-state index contributed by atoms with van der Waals surface area (Å²) in [4.78, 5) is 24.7. The smallest absolute Gasteiger partial charge is 0.411 e. The third kappa shape index (κ3) is 6.90. The van der Waals surface area contributed by atoms with Crippen LogP contribution < -0.4 is 5.32 Å². The van der Waals surface area contributed by atoms with Crippen LogP contribution >= 0.6 is 0 Å². The second-order valence-electron chi connectivity index (χ2n) is 6.46. The molecule has 10 heteroatoms. The number of carbonyl (C=O) groups is 2. The van der Waals surface area contributed by atoms with Gasteiger partial charge in [0, 0.05) is 18.3 Å². The van der Waals surface area contributed by atoms with Gasteiger partial charge in [-0.1, -0.05) is 12.1 Å². The average Bonchev–Trinajstić information content (AvgIpc) is 3.03. The number of nitrogens with one attached hydrogen (secondary N) is 1. The Balaban J connectivity index is 2.06. The highest BCUT2D eigenvalue weighted by molar-refractivity contribution is 6.07. The molecule has 158 valence electrons. The molecule has 0 saturated heterocycles. The fourth-order valence-electron chi connectivity index (χ4n) is 2.33. The van der Waals surface area contributed by atoms with Crippen LogP contribution in [0.2, 0.25) is 0 Å². The first-order valence-corrected chi connectivity index (χ1v) is 8.92. The van der Waals surface area contributed by atoms with Crippen molar-refractivity contribution in [1.29, 1.82) is 0 Å². The zero-order valence-corrected chi connectivity index (χ0v) is 16.2. The Morgan fingerprint density at radius 1 is 1.21 bits per heavy atom. The summed E-state index contributed by atoms with van der Waals surface area (Å²) in [5.41, 5.74) is 0.953. The fraction of sp³-hybridized carbons (Fsp3) is 0.421. The molecule has 0 aliphatic carbocycles. The first-order valence-electron chi connectivity index (χ1n) is 8.92. The van der Waals surface area contributed by atoms with E-state index in [9.17, 15) is 22.8 Å². The lowest BCUT2D eigenvalue weighted by atomic mass is 10.1. The van der Waals surface area contributed by atoms with E-state index in [1.165, 1.54) is 35.1 Å². The number of benzene rings is 1. The number of esters is 1. The molecule has 0 spiro atoms. The van der Waals surface area contributed by atoms with E-state index in [2.05, 4.69) is 15.2 Å². The predicted octanol–water partition coefficient (Wildman–Crippen LogP) is 3.80. The van der Waals surface area contributed by atoms with Crippen LogP contribution in [-0.4, -0.2) is 40.5 Å². The number of aryl methyl sites for hydroxylation is 1. The third-order valence-corrected chi connectivity index (χ3v) is 3.62. The monoisotopic (exact) mass is 413 g/mol. The normalized spacial score (nSPS) is 11.6. The van der Waals surface area contributed by atoms with E-state index in [0.29, 0.717) is 12.1 Å². The molecular formula is C19H22F3N3O4. The quantitative estimate of drug-likeness (QED) is 0.666. The van der Waals surface area contributed by atoms with Gasteiger partial charge in [-0.3, -0.25) is 9.48 Å². The maximum Gasteiger partial charge on any atom is 0.411 e. The van der Waals surface area contributed by atoms with Gasteiger partial charge in [0.05, 0.1) is 18.4 Å². The summed E-state index contributed by atoms with van der Waals surface area (Å²) < 4.78 is 47.5. The van der Waals surface area contributed by atoms with E-state index in [-0.39, 0.29) is 29.7 Å². The molecule has 0 aliphatic heterocycles. The molecule has 1 aromatic heterocycles. The van der Waals surface area contributed by atoms with E-state index in [0.717, 1.165) is 0 Å². The summed E-state index contributed by atoms with van der Waals surface area (Å²) in [7, 11) is 0. The van der Waals surface area contributed by atoms with Gasteiger partial charge in [0.2, 0.25) is 0 Å². The number of aromatic nitrogens is 2. The molecule has 0 saturated carbocycles. The lowest BCUT2D eigenvalue weighted by molar-refractivity contribution is -0.176. The number of rotatable bonds is 8. The molecule has 0 aliphatic rings. The predicted molar refractivity (Wildman–Crippen MR) is 98.6 cm³/mol. The number of hydrogen-bond acceptors (Lipinski definition) is 5. The van der Waals surface area contributed by atoms with Gasteiger partial charge in [0.15, 0.2) is 5.69 Å². The molecule has 1 amide bonds. The second kappa shape index (κ2) is 9.55. The largest absolute Gasteiger partial charge is 0.458 e. The molecule has 1 heterocycles. The van der Waals surface area contributed by atoms with Gasteiger partial charge in [-0.05, 0) is 38.5 Å². The second-order valence-corrected chi connectivity index (χ2v) is 6.46. The lowest BCUT2D eigenvalue weighted by Crippen LogP contribution is -2.17. The van der Waals surface area contributed by atoms with E-state index in [1.54, 1.807) is 13.8 Å². The van der Waals surface area contributed by atoms with E-state index in [4.69, 9.17) is 4.74 Å². The number of carbonyl (C=O) groups excluding carboxylic acids is 2. The highest BCUT2D eigenvalue weighted by atomic mass is 19.4. The molecule has 2 aromatic rings. The van der Waals surface area contributed by atoms with Gasteiger partial charge < -0.3 is 14.8 Å².